The van der Waals surface area contributed by atoms with E-state index in [2.05, 4.69) is 6.92 Å². The normalized spacial score (nSPS) is 14.3. The van der Waals surface area contributed by atoms with Crippen molar-refractivity contribution >= 4 is 11.9 Å². The molecule has 0 fully saturated rings. The van der Waals surface area contributed by atoms with E-state index in [-0.39, 0.29) is 29.7 Å². The van der Waals surface area contributed by atoms with Gasteiger partial charge in [0.1, 0.15) is 0 Å². The summed E-state index contributed by atoms with van der Waals surface area (Å²) in [6.45, 7) is 10.0. The summed E-state index contributed by atoms with van der Waals surface area (Å²) < 4.78 is 10.0. The van der Waals surface area contributed by atoms with Gasteiger partial charge in [0.2, 0.25) is 0 Å². The van der Waals surface area contributed by atoms with Crippen LogP contribution >= 0.6 is 0 Å². The molecule has 0 saturated heterocycles. The summed E-state index contributed by atoms with van der Waals surface area (Å²) in [5.41, 5.74) is -0.707. The number of hydrogen-bond donors (Lipinski definition) is 0. The van der Waals surface area contributed by atoms with E-state index in [1.165, 1.54) is 39.9 Å². The van der Waals surface area contributed by atoms with Gasteiger partial charge < -0.3 is 9.47 Å². The maximum Gasteiger partial charge on any atom is 0.311 e. The minimum atomic E-state index is -0.707. The Balaban J connectivity index is 5.14. The highest BCUT2D eigenvalue weighted by Gasteiger charge is 2.45. The van der Waals surface area contributed by atoms with Crippen LogP contribution in [0.25, 0.3) is 0 Å². The first-order valence-electron chi connectivity index (χ1n) is 9.40. The summed E-state index contributed by atoms with van der Waals surface area (Å²) in [6, 6.07) is 0. The molecule has 2 atom stereocenters. The average Bonchev–Trinajstić information content (AvgIpc) is 2.54. The zero-order valence-corrected chi connectivity index (χ0v) is 16.8. The van der Waals surface area contributed by atoms with Crippen molar-refractivity contribution < 1.29 is 19.1 Å². The Morgan fingerprint density at radius 2 is 1.46 bits per heavy atom. The third-order valence-electron chi connectivity index (χ3n) is 5.13. The van der Waals surface area contributed by atoms with Crippen LogP contribution < -0.4 is 0 Å². The number of hydrogen-bond acceptors (Lipinski definition) is 4. The summed E-state index contributed by atoms with van der Waals surface area (Å²) in [6.07, 6.45) is 7.97. The third kappa shape index (κ3) is 6.82. The Labute approximate surface area is 148 Å². The second-order valence-corrected chi connectivity index (χ2v) is 7.67. The second-order valence-electron chi connectivity index (χ2n) is 7.67. The van der Waals surface area contributed by atoms with Crippen LogP contribution in [0.5, 0.6) is 0 Å². The second kappa shape index (κ2) is 11.5. The number of unbranched alkanes of at least 4 members (excludes halogenated alkanes) is 5. The number of methoxy groups -OCH3 is 2. The molecule has 0 N–H and O–H groups in total. The fourth-order valence-electron chi connectivity index (χ4n) is 3.59. The van der Waals surface area contributed by atoms with Crippen molar-refractivity contribution in [2.45, 2.75) is 79.6 Å². The highest BCUT2D eigenvalue weighted by Crippen LogP contribution is 2.41. The van der Waals surface area contributed by atoms with Gasteiger partial charge >= 0.3 is 11.9 Å². The molecule has 0 unspecified atom stereocenters. The Bertz CT molecular complexity index is 374. The first-order chi connectivity index (χ1) is 11.2. The molecule has 0 aliphatic rings. The van der Waals surface area contributed by atoms with Gasteiger partial charge in [-0.05, 0) is 32.1 Å². The number of ether oxygens (including phenoxy) is 2. The predicted molar refractivity (Wildman–Crippen MR) is 97.6 cm³/mol. The fraction of sp³-hybridized carbons (Fsp3) is 0.900. The van der Waals surface area contributed by atoms with Crippen LogP contribution in [0, 0.1) is 23.2 Å². The van der Waals surface area contributed by atoms with Gasteiger partial charge in [0.05, 0.1) is 25.6 Å². The topological polar surface area (TPSA) is 52.6 Å². The van der Waals surface area contributed by atoms with Gasteiger partial charge in [-0.25, -0.2) is 0 Å². The summed E-state index contributed by atoms with van der Waals surface area (Å²) in [7, 11) is 2.83. The molecule has 0 rings (SSSR count). The molecule has 142 valence electrons. The summed E-state index contributed by atoms with van der Waals surface area (Å²) in [5, 5.41) is 0. The van der Waals surface area contributed by atoms with E-state index in [1.807, 2.05) is 27.7 Å². The average molecular weight is 343 g/mol. The summed E-state index contributed by atoms with van der Waals surface area (Å²) >= 11 is 0. The molecule has 0 aromatic heterocycles. The van der Waals surface area contributed by atoms with Gasteiger partial charge in [0.25, 0.3) is 0 Å². The molecule has 0 aromatic rings. The number of rotatable bonds is 12. The smallest absolute Gasteiger partial charge is 0.311 e. The quantitative estimate of drug-likeness (QED) is 0.370. The Kier molecular flexibility index (Phi) is 11.0. The lowest BCUT2D eigenvalue weighted by Crippen LogP contribution is -2.43. The zero-order chi connectivity index (χ0) is 18.8. The maximum absolute atomic E-state index is 12.4. The van der Waals surface area contributed by atoms with E-state index in [1.54, 1.807) is 0 Å². The van der Waals surface area contributed by atoms with Crippen LogP contribution in [-0.2, 0) is 19.1 Å². The van der Waals surface area contributed by atoms with Crippen molar-refractivity contribution in [2.24, 2.45) is 23.2 Å². The zero-order valence-electron chi connectivity index (χ0n) is 16.8. The van der Waals surface area contributed by atoms with Crippen molar-refractivity contribution in [3.63, 3.8) is 0 Å². The molecule has 24 heavy (non-hydrogen) atoms. The number of esters is 2. The largest absolute Gasteiger partial charge is 0.469 e. The number of carbonyl (C=O) groups excluding carboxylic acids is 2. The SMILES string of the molecule is CCCCCCCC[C@H]([C@@H](C(=O)OC)C(C)C)C(C)(C)C(=O)OC. The van der Waals surface area contributed by atoms with Crippen LogP contribution in [0.2, 0.25) is 0 Å². The van der Waals surface area contributed by atoms with E-state index in [9.17, 15) is 9.59 Å². The third-order valence-corrected chi connectivity index (χ3v) is 5.13. The lowest BCUT2D eigenvalue weighted by Gasteiger charge is -2.38. The van der Waals surface area contributed by atoms with Crippen molar-refractivity contribution in [3.8, 4) is 0 Å². The van der Waals surface area contributed by atoms with Gasteiger partial charge in [0, 0.05) is 0 Å². The molecule has 0 spiro atoms. The van der Waals surface area contributed by atoms with E-state index >= 15 is 0 Å². The number of carbonyl (C=O) groups is 2. The highest BCUT2D eigenvalue weighted by molar-refractivity contribution is 5.79. The van der Waals surface area contributed by atoms with Crippen molar-refractivity contribution in [2.75, 3.05) is 14.2 Å². The fourth-order valence-corrected chi connectivity index (χ4v) is 3.59. The van der Waals surface area contributed by atoms with E-state index in [0.717, 1.165) is 19.3 Å². The van der Waals surface area contributed by atoms with Crippen LogP contribution in [0.4, 0.5) is 0 Å². The van der Waals surface area contributed by atoms with Crippen LogP contribution in [0.1, 0.15) is 79.6 Å². The van der Waals surface area contributed by atoms with E-state index in [4.69, 9.17) is 9.47 Å². The molecule has 0 aliphatic carbocycles. The summed E-state index contributed by atoms with van der Waals surface area (Å²) in [4.78, 5) is 24.7. The van der Waals surface area contributed by atoms with Gasteiger partial charge in [-0.3, -0.25) is 9.59 Å². The Morgan fingerprint density at radius 3 is 1.92 bits per heavy atom. The van der Waals surface area contributed by atoms with Crippen molar-refractivity contribution in [1.82, 2.24) is 0 Å². The van der Waals surface area contributed by atoms with Crippen LogP contribution in [0.3, 0.4) is 0 Å². The molecule has 4 nitrogen and oxygen atoms in total. The first-order valence-corrected chi connectivity index (χ1v) is 9.40. The maximum atomic E-state index is 12.4. The molecular formula is C20H38O4. The van der Waals surface area contributed by atoms with E-state index < -0.39 is 5.41 Å². The predicted octanol–water partition coefficient (Wildman–Crippen LogP) is 5.00. The minimum Gasteiger partial charge on any atom is -0.469 e. The minimum absolute atomic E-state index is 0.0800. The van der Waals surface area contributed by atoms with Crippen LogP contribution in [0.15, 0.2) is 0 Å². The van der Waals surface area contributed by atoms with E-state index in [0.29, 0.717) is 0 Å². The molecule has 0 radical (unpaired) electrons. The molecule has 0 aliphatic heterocycles. The molecule has 0 amide bonds. The summed E-state index contributed by atoms with van der Waals surface area (Å²) in [5.74, 6) is -0.735. The van der Waals surface area contributed by atoms with Crippen LogP contribution in [-0.4, -0.2) is 26.2 Å². The lowest BCUT2D eigenvalue weighted by molar-refractivity contribution is -0.162. The molecule has 0 bridgehead atoms. The Hall–Kier alpha value is -1.06. The molecule has 0 heterocycles. The lowest BCUT2D eigenvalue weighted by atomic mass is 9.66. The monoisotopic (exact) mass is 342 g/mol. The molecule has 0 aromatic carbocycles. The van der Waals surface area contributed by atoms with Gasteiger partial charge in [-0.2, -0.15) is 0 Å². The van der Waals surface area contributed by atoms with Crippen molar-refractivity contribution in [1.29, 1.82) is 0 Å². The first kappa shape index (κ1) is 22.9. The van der Waals surface area contributed by atoms with Crippen molar-refractivity contribution in [3.05, 3.63) is 0 Å². The standard InChI is InChI=1S/C20H38O4/c1-8-9-10-11-12-13-14-16(20(4,5)19(22)24-7)17(15(2)3)18(21)23-6/h15-17H,8-14H2,1-7H3/t16-,17+/m1/s1. The van der Waals surface area contributed by atoms with Gasteiger partial charge in [-0.1, -0.05) is 59.3 Å². The van der Waals surface area contributed by atoms with Gasteiger partial charge in [0.15, 0.2) is 0 Å². The molecular weight excluding hydrogens is 304 g/mol. The highest BCUT2D eigenvalue weighted by atomic mass is 16.5. The Morgan fingerprint density at radius 1 is 0.917 bits per heavy atom. The van der Waals surface area contributed by atoms with Gasteiger partial charge in [-0.15, -0.1) is 0 Å². The molecule has 4 heteroatoms. The molecule has 0 saturated carbocycles.